The monoisotopic (exact) mass is 296 g/mol. The molecule has 21 heavy (non-hydrogen) atoms. The maximum absolute atomic E-state index is 12.2. The van der Waals surface area contributed by atoms with Gasteiger partial charge < -0.3 is 25.2 Å². The molecule has 0 aromatic heterocycles. The zero-order valence-electron chi connectivity index (χ0n) is 12.7. The Morgan fingerprint density at radius 2 is 1.67 bits per heavy atom. The van der Waals surface area contributed by atoms with Gasteiger partial charge in [0.25, 0.3) is 0 Å². The number of hydrogen-bond donors (Lipinski definition) is 3. The molecule has 7 heteroatoms. The van der Waals surface area contributed by atoms with Crippen LogP contribution in [0.4, 0.5) is 5.69 Å². The van der Waals surface area contributed by atoms with E-state index < -0.39 is 11.5 Å². The number of rotatable bonds is 6. The molecule has 1 aromatic rings. The number of anilines is 1. The van der Waals surface area contributed by atoms with Gasteiger partial charge in [0.1, 0.15) is 0 Å². The van der Waals surface area contributed by atoms with Gasteiger partial charge in [0.05, 0.1) is 31.0 Å². The van der Waals surface area contributed by atoms with Crippen molar-refractivity contribution in [3.05, 3.63) is 17.7 Å². The van der Waals surface area contributed by atoms with Crippen LogP contribution in [0, 0.1) is 0 Å². The summed E-state index contributed by atoms with van der Waals surface area (Å²) >= 11 is 0. The Hall–Kier alpha value is -2.28. The van der Waals surface area contributed by atoms with Crippen LogP contribution < -0.4 is 20.1 Å². The van der Waals surface area contributed by atoms with E-state index in [1.807, 2.05) is 0 Å². The summed E-state index contributed by atoms with van der Waals surface area (Å²) < 4.78 is 10.2. The van der Waals surface area contributed by atoms with Crippen molar-refractivity contribution in [1.29, 1.82) is 0 Å². The van der Waals surface area contributed by atoms with Gasteiger partial charge >= 0.3 is 5.97 Å². The van der Waals surface area contributed by atoms with Crippen LogP contribution in [0.3, 0.4) is 0 Å². The van der Waals surface area contributed by atoms with E-state index in [1.165, 1.54) is 26.4 Å². The van der Waals surface area contributed by atoms with Crippen LogP contribution in [-0.4, -0.2) is 43.8 Å². The van der Waals surface area contributed by atoms with Gasteiger partial charge in [-0.1, -0.05) is 0 Å². The number of carbonyl (C=O) groups is 2. The topological polar surface area (TPSA) is 96.9 Å². The highest BCUT2D eigenvalue weighted by Crippen LogP contribution is 2.33. The third-order valence-corrected chi connectivity index (χ3v) is 3.19. The molecule has 0 saturated heterocycles. The Labute approximate surface area is 123 Å². The molecule has 0 aliphatic carbocycles. The van der Waals surface area contributed by atoms with Gasteiger partial charge in [-0.05, 0) is 20.9 Å². The molecule has 0 saturated carbocycles. The third-order valence-electron chi connectivity index (χ3n) is 3.19. The molecule has 0 aliphatic heterocycles. The molecule has 0 heterocycles. The SMILES string of the molecule is CNC(C)(C)C(=O)Nc1cc(OC)c(OC)cc1C(=O)O. The number of nitrogens with one attached hydrogen (secondary N) is 2. The van der Waals surface area contributed by atoms with Gasteiger partial charge in [0.2, 0.25) is 5.91 Å². The number of aromatic carboxylic acids is 1. The highest BCUT2D eigenvalue weighted by molar-refractivity contribution is 6.04. The zero-order chi connectivity index (χ0) is 16.2. The number of methoxy groups -OCH3 is 2. The first-order valence-electron chi connectivity index (χ1n) is 6.26. The quantitative estimate of drug-likeness (QED) is 0.733. The van der Waals surface area contributed by atoms with E-state index in [1.54, 1.807) is 20.9 Å². The summed E-state index contributed by atoms with van der Waals surface area (Å²) in [6, 6.07) is 2.73. The number of hydrogen-bond acceptors (Lipinski definition) is 5. The van der Waals surface area contributed by atoms with Crippen LogP contribution in [0.15, 0.2) is 12.1 Å². The third kappa shape index (κ3) is 3.63. The first-order chi connectivity index (χ1) is 9.76. The number of ether oxygens (including phenoxy) is 2. The van der Waals surface area contributed by atoms with Gasteiger partial charge in [-0.2, -0.15) is 0 Å². The summed E-state index contributed by atoms with van der Waals surface area (Å²) in [4.78, 5) is 23.5. The number of carboxylic acids is 1. The molecule has 0 fully saturated rings. The van der Waals surface area contributed by atoms with Crippen LogP contribution in [0.5, 0.6) is 11.5 Å². The first-order valence-corrected chi connectivity index (χ1v) is 6.26. The first kappa shape index (κ1) is 16.8. The van der Waals surface area contributed by atoms with E-state index >= 15 is 0 Å². The molecular weight excluding hydrogens is 276 g/mol. The van der Waals surface area contributed by atoms with Gasteiger partial charge in [0.15, 0.2) is 11.5 Å². The molecule has 0 aliphatic rings. The van der Waals surface area contributed by atoms with Crippen LogP contribution in [0.1, 0.15) is 24.2 Å². The highest BCUT2D eigenvalue weighted by atomic mass is 16.5. The lowest BCUT2D eigenvalue weighted by atomic mass is 10.0. The largest absolute Gasteiger partial charge is 0.493 e. The standard InChI is InChI=1S/C14H20N2O5/c1-14(2,15-3)13(19)16-9-7-11(21-5)10(20-4)6-8(9)12(17)18/h6-7,15H,1-5H3,(H,16,19)(H,17,18). The fourth-order valence-corrected chi connectivity index (χ4v) is 1.55. The molecule has 0 spiro atoms. The van der Waals surface area contributed by atoms with Crippen molar-refractivity contribution in [2.45, 2.75) is 19.4 Å². The molecule has 1 aromatic carbocycles. The average molecular weight is 296 g/mol. The van der Waals surface area contributed by atoms with E-state index in [9.17, 15) is 14.7 Å². The number of amides is 1. The van der Waals surface area contributed by atoms with Crippen molar-refractivity contribution in [3.8, 4) is 11.5 Å². The minimum Gasteiger partial charge on any atom is -0.493 e. The second kappa shape index (κ2) is 6.45. The molecule has 0 unspecified atom stereocenters. The van der Waals surface area contributed by atoms with Gasteiger partial charge in [-0.3, -0.25) is 4.79 Å². The number of carboxylic acid groups (broad SMARTS) is 1. The molecule has 7 nitrogen and oxygen atoms in total. The molecule has 0 bridgehead atoms. The average Bonchev–Trinajstić information content (AvgIpc) is 2.46. The fourth-order valence-electron chi connectivity index (χ4n) is 1.55. The Balaban J connectivity index is 3.28. The summed E-state index contributed by atoms with van der Waals surface area (Å²) in [5.41, 5.74) is -0.774. The summed E-state index contributed by atoms with van der Waals surface area (Å²) in [6.45, 7) is 3.37. The predicted molar refractivity (Wildman–Crippen MR) is 78.3 cm³/mol. The van der Waals surface area contributed by atoms with Crippen LogP contribution in [-0.2, 0) is 4.79 Å². The van der Waals surface area contributed by atoms with E-state index in [0.717, 1.165) is 0 Å². The lowest BCUT2D eigenvalue weighted by molar-refractivity contribution is -0.121. The molecular formula is C14H20N2O5. The molecule has 3 N–H and O–H groups in total. The normalized spacial score (nSPS) is 10.9. The highest BCUT2D eigenvalue weighted by Gasteiger charge is 2.27. The minimum absolute atomic E-state index is 0.0760. The smallest absolute Gasteiger partial charge is 0.337 e. The van der Waals surface area contributed by atoms with Crippen LogP contribution >= 0.6 is 0 Å². The van der Waals surface area contributed by atoms with Gasteiger partial charge in [-0.15, -0.1) is 0 Å². The molecule has 1 amide bonds. The van der Waals surface area contributed by atoms with E-state index in [-0.39, 0.29) is 22.9 Å². The molecule has 0 radical (unpaired) electrons. The van der Waals surface area contributed by atoms with Gasteiger partial charge in [0, 0.05) is 12.1 Å². The second-order valence-electron chi connectivity index (χ2n) is 4.89. The van der Waals surface area contributed by atoms with E-state index in [0.29, 0.717) is 5.75 Å². The number of benzene rings is 1. The maximum atomic E-state index is 12.2. The minimum atomic E-state index is -1.17. The number of likely N-dealkylation sites (N-methyl/N-ethyl adjacent to an activating group) is 1. The molecule has 0 atom stereocenters. The number of carbonyl (C=O) groups excluding carboxylic acids is 1. The van der Waals surface area contributed by atoms with Crippen LogP contribution in [0.2, 0.25) is 0 Å². The summed E-state index contributed by atoms with van der Waals surface area (Å²) in [5.74, 6) is -0.922. The Kier molecular flexibility index (Phi) is 5.15. The van der Waals surface area contributed by atoms with Crippen molar-refractivity contribution in [2.24, 2.45) is 0 Å². The summed E-state index contributed by atoms with van der Waals surface area (Å²) in [6.07, 6.45) is 0. The van der Waals surface area contributed by atoms with Crippen molar-refractivity contribution < 1.29 is 24.2 Å². The Morgan fingerprint density at radius 3 is 2.10 bits per heavy atom. The summed E-state index contributed by atoms with van der Waals surface area (Å²) in [5, 5.41) is 14.7. The maximum Gasteiger partial charge on any atom is 0.337 e. The fraction of sp³-hybridized carbons (Fsp3) is 0.429. The zero-order valence-corrected chi connectivity index (χ0v) is 12.7. The summed E-state index contributed by atoms with van der Waals surface area (Å²) in [7, 11) is 4.49. The van der Waals surface area contributed by atoms with Crippen molar-refractivity contribution >= 4 is 17.6 Å². The lowest BCUT2D eigenvalue weighted by Gasteiger charge is -2.23. The molecule has 116 valence electrons. The van der Waals surface area contributed by atoms with Gasteiger partial charge in [-0.25, -0.2) is 4.79 Å². The Bertz CT molecular complexity index is 555. The predicted octanol–water partition coefficient (Wildman–Crippen LogP) is 1.34. The van der Waals surface area contributed by atoms with E-state index in [4.69, 9.17) is 9.47 Å². The second-order valence-corrected chi connectivity index (χ2v) is 4.89. The molecule has 1 rings (SSSR count). The van der Waals surface area contributed by atoms with E-state index in [2.05, 4.69) is 10.6 Å². The lowest BCUT2D eigenvalue weighted by Crippen LogP contribution is -2.48. The van der Waals surface area contributed by atoms with Crippen molar-refractivity contribution in [3.63, 3.8) is 0 Å². The van der Waals surface area contributed by atoms with Crippen molar-refractivity contribution in [2.75, 3.05) is 26.6 Å². The Morgan fingerprint density at radius 1 is 1.14 bits per heavy atom. The van der Waals surface area contributed by atoms with Crippen LogP contribution in [0.25, 0.3) is 0 Å². The van der Waals surface area contributed by atoms with Crippen molar-refractivity contribution in [1.82, 2.24) is 5.32 Å².